The largest absolute Gasteiger partial charge is 0.353 e. The molecule has 0 unspecified atom stereocenters. The molecule has 1 aromatic carbocycles. The van der Waals surface area contributed by atoms with Gasteiger partial charge >= 0.3 is 0 Å². The highest BCUT2D eigenvalue weighted by Crippen LogP contribution is 2.24. The zero-order valence-electron chi connectivity index (χ0n) is 10.5. The molecule has 0 aliphatic carbocycles. The monoisotopic (exact) mass is 293 g/mol. The van der Waals surface area contributed by atoms with Gasteiger partial charge in [-0.05, 0) is 24.3 Å². The topological polar surface area (TPSA) is 77.2 Å². The lowest BCUT2D eigenvalue weighted by Crippen LogP contribution is -2.27. The van der Waals surface area contributed by atoms with Gasteiger partial charge in [0.1, 0.15) is 5.02 Å². The molecule has 0 saturated heterocycles. The number of benzene rings is 1. The summed E-state index contributed by atoms with van der Waals surface area (Å²) < 4.78 is 1.92. The summed E-state index contributed by atoms with van der Waals surface area (Å²) >= 11 is 5.69. The van der Waals surface area contributed by atoms with Crippen molar-refractivity contribution in [3.8, 4) is 0 Å². The molecule has 0 aliphatic rings. The second kappa shape index (κ2) is 6.21. The lowest BCUT2D eigenvalue weighted by molar-refractivity contribution is -0.384. The first-order chi connectivity index (χ1) is 9.58. The molecule has 7 heteroatoms. The summed E-state index contributed by atoms with van der Waals surface area (Å²) in [5.74, 6) is -0.364. The van der Waals surface area contributed by atoms with E-state index >= 15 is 0 Å². The molecule has 0 aliphatic heterocycles. The molecule has 104 valence electrons. The zero-order valence-corrected chi connectivity index (χ0v) is 11.2. The fraction of sp³-hybridized carbons (Fsp3) is 0.154. The Labute approximate surface area is 120 Å². The molecule has 1 amide bonds. The summed E-state index contributed by atoms with van der Waals surface area (Å²) in [5, 5.41) is 13.5. The Morgan fingerprint density at radius 3 is 2.70 bits per heavy atom. The van der Waals surface area contributed by atoms with Crippen LogP contribution in [0.2, 0.25) is 5.02 Å². The summed E-state index contributed by atoms with van der Waals surface area (Å²) in [6.07, 6.45) is 3.78. The lowest BCUT2D eigenvalue weighted by atomic mass is 10.2. The lowest BCUT2D eigenvalue weighted by Gasteiger charge is -2.06. The molecule has 2 aromatic rings. The fourth-order valence-corrected chi connectivity index (χ4v) is 1.90. The summed E-state index contributed by atoms with van der Waals surface area (Å²) in [4.78, 5) is 22.0. The Morgan fingerprint density at radius 1 is 1.35 bits per heavy atom. The number of nitro benzene ring substituents is 1. The second-order valence-electron chi connectivity index (χ2n) is 4.10. The smallest absolute Gasteiger partial charge is 0.288 e. The number of amides is 1. The third kappa shape index (κ3) is 3.36. The Morgan fingerprint density at radius 2 is 2.05 bits per heavy atom. The third-order valence-corrected chi connectivity index (χ3v) is 3.05. The van der Waals surface area contributed by atoms with Crippen LogP contribution < -0.4 is 5.32 Å². The number of nitro groups is 1. The van der Waals surface area contributed by atoms with E-state index in [-0.39, 0.29) is 22.2 Å². The van der Waals surface area contributed by atoms with Gasteiger partial charge in [0.25, 0.3) is 11.6 Å². The molecule has 20 heavy (non-hydrogen) atoms. The van der Waals surface area contributed by atoms with Crippen LogP contribution in [0.5, 0.6) is 0 Å². The van der Waals surface area contributed by atoms with Crippen LogP contribution in [0.4, 0.5) is 5.69 Å². The van der Waals surface area contributed by atoms with Crippen LogP contribution in [0.1, 0.15) is 10.4 Å². The minimum absolute atomic E-state index is 0.0129. The number of carbonyl (C=O) groups is 1. The highest BCUT2D eigenvalue weighted by Gasteiger charge is 2.15. The molecular weight excluding hydrogens is 282 g/mol. The third-order valence-electron chi connectivity index (χ3n) is 2.73. The zero-order chi connectivity index (χ0) is 14.5. The second-order valence-corrected chi connectivity index (χ2v) is 4.51. The van der Waals surface area contributed by atoms with E-state index in [1.165, 1.54) is 18.2 Å². The SMILES string of the molecule is O=C(NCCn1cccc1)c1ccc(Cl)c([N+](=O)[O-])c1. The average Bonchev–Trinajstić information content (AvgIpc) is 2.92. The molecule has 0 radical (unpaired) electrons. The Balaban J connectivity index is 1.98. The van der Waals surface area contributed by atoms with Crippen molar-refractivity contribution in [2.75, 3.05) is 6.54 Å². The van der Waals surface area contributed by atoms with Gasteiger partial charge < -0.3 is 9.88 Å². The van der Waals surface area contributed by atoms with Gasteiger partial charge in [-0.1, -0.05) is 11.6 Å². The predicted molar refractivity (Wildman–Crippen MR) is 74.9 cm³/mol. The van der Waals surface area contributed by atoms with E-state index in [2.05, 4.69) is 5.32 Å². The van der Waals surface area contributed by atoms with Crippen molar-refractivity contribution in [2.45, 2.75) is 6.54 Å². The van der Waals surface area contributed by atoms with Crippen molar-refractivity contribution in [3.63, 3.8) is 0 Å². The van der Waals surface area contributed by atoms with E-state index in [4.69, 9.17) is 11.6 Å². The molecule has 1 heterocycles. The van der Waals surface area contributed by atoms with E-state index in [1.54, 1.807) is 0 Å². The van der Waals surface area contributed by atoms with Crippen molar-refractivity contribution in [1.82, 2.24) is 9.88 Å². The number of aromatic nitrogens is 1. The van der Waals surface area contributed by atoms with Crippen molar-refractivity contribution < 1.29 is 9.72 Å². The maximum Gasteiger partial charge on any atom is 0.288 e. The van der Waals surface area contributed by atoms with Crippen molar-refractivity contribution in [3.05, 3.63) is 63.4 Å². The maximum absolute atomic E-state index is 11.9. The highest BCUT2D eigenvalue weighted by atomic mass is 35.5. The first kappa shape index (κ1) is 14.1. The van der Waals surface area contributed by atoms with Gasteiger partial charge in [-0.25, -0.2) is 0 Å². The van der Waals surface area contributed by atoms with Crippen LogP contribution in [0.25, 0.3) is 0 Å². The minimum Gasteiger partial charge on any atom is -0.353 e. The van der Waals surface area contributed by atoms with Crippen LogP contribution >= 0.6 is 11.6 Å². The number of hydrogen-bond donors (Lipinski definition) is 1. The van der Waals surface area contributed by atoms with E-state index in [0.29, 0.717) is 13.1 Å². The van der Waals surface area contributed by atoms with Gasteiger partial charge in [-0.3, -0.25) is 14.9 Å². The van der Waals surface area contributed by atoms with Crippen LogP contribution in [0.15, 0.2) is 42.7 Å². The van der Waals surface area contributed by atoms with Gasteiger partial charge in [0.05, 0.1) is 4.92 Å². The first-order valence-corrected chi connectivity index (χ1v) is 6.28. The van der Waals surface area contributed by atoms with Crippen molar-refractivity contribution in [1.29, 1.82) is 0 Å². The molecular formula is C13H12ClN3O3. The van der Waals surface area contributed by atoms with E-state index in [1.807, 2.05) is 29.1 Å². The van der Waals surface area contributed by atoms with Crippen LogP contribution in [-0.4, -0.2) is 21.9 Å². The number of halogens is 1. The standard InChI is InChI=1S/C13H12ClN3O3/c14-11-4-3-10(9-12(11)17(19)20)13(18)15-5-8-16-6-1-2-7-16/h1-4,6-7,9H,5,8H2,(H,15,18). The first-order valence-electron chi connectivity index (χ1n) is 5.91. The summed E-state index contributed by atoms with van der Waals surface area (Å²) in [6.45, 7) is 1.07. The van der Waals surface area contributed by atoms with Gasteiger partial charge in [0.2, 0.25) is 0 Å². The minimum atomic E-state index is -0.612. The number of hydrogen-bond acceptors (Lipinski definition) is 3. The van der Waals surface area contributed by atoms with E-state index in [9.17, 15) is 14.9 Å². The Kier molecular flexibility index (Phi) is 4.37. The van der Waals surface area contributed by atoms with Crippen LogP contribution in [-0.2, 0) is 6.54 Å². The number of carbonyl (C=O) groups excluding carboxylic acids is 1. The van der Waals surface area contributed by atoms with Crippen LogP contribution in [0, 0.1) is 10.1 Å². The number of nitrogens with zero attached hydrogens (tertiary/aromatic N) is 2. The average molecular weight is 294 g/mol. The molecule has 0 atom stereocenters. The number of nitrogens with one attached hydrogen (secondary N) is 1. The Hall–Kier alpha value is -2.34. The van der Waals surface area contributed by atoms with Gasteiger partial charge in [-0.15, -0.1) is 0 Å². The number of rotatable bonds is 5. The molecule has 2 rings (SSSR count). The normalized spacial score (nSPS) is 10.2. The molecule has 6 nitrogen and oxygen atoms in total. The molecule has 0 saturated carbocycles. The molecule has 0 fully saturated rings. The molecule has 0 bridgehead atoms. The van der Waals surface area contributed by atoms with E-state index < -0.39 is 4.92 Å². The molecule has 0 spiro atoms. The van der Waals surface area contributed by atoms with Gasteiger partial charge in [-0.2, -0.15) is 0 Å². The van der Waals surface area contributed by atoms with Crippen LogP contribution in [0.3, 0.4) is 0 Å². The van der Waals surface area contributed by atoms with E-state index in [0.717, 1.165) is 0 Å². The summed E-state index contributed by atoms with van der Waals surface area (Å²) in [6, 6.07) is 7.77. The summed E-state index contributed by atoms with van der Waals surface area (Å²) in [5.41, 5.74) is -0.0571. The quantitative estimate of drug-likeness (QED) is 0.679. The molecule has 1 N–H and O–H groups in total. The van der Waals surface area contributed by atoms with Gasteiger partial charge in [0, 0.05) is 37.1 Å². The molecule has 1 aromatic heterocycles. The predicted octanol–water partition coefficient (Wildman–Crippen LogP) is 2.48. The summed E-state index contributed by atoms with van der Waals surface area (Å²) in [7, 11) is 0. The van der Waals surface area contributed by atoms with Crippen molar-refractivity contribution >= 4 is 23.2 Å². The van der Waals surface area contributed by atoms with Gasteiger partial charge in [0.15, 0.2) is 0 Å². The fourth-order valence-electron chi connectivity index (χ4n) is 1.71. The maximum atomic E-state index is 11.9. The van der Waals surface area contributed by atoms with Crippen molar-refractivity contribution in [2.24, 2.45) is 0 Å². The highest BCUT2D eigenvalue weighted by molar-refractivity contribution is 6.32. The Bertz CT molecular complexity index is 626.